The Morgan fingerprint density at radius 3 is 2.82 bits per heavy atom. The predicted molar refractivity (Wildman–Crippen MR) is 113 cm³/mol. The van der Waals surface area contributed by atoms with Crippen molar-refractivity contribution in [2.24, 2.45) is 11.7 Å². The van der Waals surface area contributed by atoms with E-state index in [2.05, 4.69) is 22.2 Å². The van der Waals surface area contributed by atoms with Gasteiger partial charge in [0.25, 0.3) is 0 Å². The summed E-state index contributed by atoms with van der Waals surface area (Å²) >= 11 is 3.19. The summed E-state index contributed by atoms with van der Waals surface area (Å²) in [6.45, 7) is 2.29. The van der Waals surface area contributed by atoms with E-state index in [9.17, 15) is 9.59 Å². The number of fused-ring (bicyclic) bond motifs is 3. The third-order valence-corrected chi connectivity index (χ3v) is 7.00. The lowest BCUT2D eigenvalue weighted by molar-refractivity contribution is -0.113. The minimum atomic E-state index is -0.491. The van der Waals surface area contributed by atoms with Gasteiger partial charge in [-0.3, -0.25) is 9.59 Å². The third kappa shape index (κ3) is 3.88. The van der Waals surface area contributed by atoms with Gasteiger partial charge in [-0.2, -0.15) is 0 Å². The molecule has 0 aliphatic heterocycles. The van der Waals surface area contributed by atoms with Crippen LogP contribution in [-0.4, -0.2) is 27.5 Å². The molecule has 0 saturated carbocycles. The number of amides is 2. The number of hydrogen-bond donors (Lipinski definition) is 2. The standard InChI is InChI=1S/C20H20N4O2S2/c1-11-2-7-14-15(8-11)28-20-17(14)19(22-10-23-20)27-9-16(25)24-13-5-3-12(4-6-13)18(21)26/h3-6,10-11H,2,7-9H2,1H3,(H2,21,26)(H,24,25)/t11-/m1/s1. The first kappa shape index (κ1) is 18.9. The molecule has 6 nitrogen and oxygen atoms in total. The van der Waals surface area contributed by atoms with Crippen LogP contribution in [0.4, 0.5) is 5.69 Å². The van der Waals surface area contributed by atoms with E-state index < -0.39 is 5.91 Å². The second kappa shape index (κ2) is 7.89. The summed E-state index contributed by atoms with van der Waals surface area (Å²) in [5.41, 5.74) is 7.63. The Balaban J connectivity index is 1.46. The number of aryl methyl sites for hydroxylation is 1. The number of nitrogens with two attached hydrogens (primary N) is 1. The summed E-state index contributed by atoms with van der Waals surface area (Å²) in [6, 6.07) is 6.53. The number of primary amides is 1. The second-order valence-electron chi connectivity index (χ2n) is 6.99. The normalized spacial score (nSPS) is 16.0. The molecule has 3 N–H and O–H groups in total. The van der Waals surface area contributed by atoms with Crippen LogP contribution in [0.2, 0.25) is 0 Å². The average molecular weight is 413 g/mol. The van der Waals surface area contributed by atoms with E-state index in [1.807, 2.05) is 0 Å². The van der Waals surface area contributed by atoms with Crippen molar-refractivity contribution in [3.05, 3.63) is 46.6 Å². The summed E-state index contributed by atoms with van der Waals surface area (Å²) in [7, 11) is 0. The molecule has 8 heteroatoms. The van der Waals surface area contributed by atoms with Crippen LogP contribution in [0.25, 0.3) is 10.2 Å². The second-order valence-corrected chi connectivity index (χ2v) is 9.04. The number of carbonyl (C=O) groups excluding carboxylic acids is 2. The van der Waals surface area contributed by atoms with Crippen LogP contribution in [0.3, 0.4) is 0 Å². The number of aromatic nitrogens is 2. The molecule has 1 atom stereocenters. The zero-order valence-corrected chi connectivity index (χ0v) is 17.0. The van der Waals surface area contributed by atoms with E-state index in [1.165, 1.54) is 28.6 Å². The summed E-state index contributed by atoms with van der Waals surface area (Å²) in [5.74, 6) is 0.345. The van der Waals surface area contributed by atoms with Crippen LogP contribution in [0.1, 0.15) is 34.1 Å². The van der Waals surface area contributed by atoms with Crippen LogP contribution in [-0.2, 0) is 17.6 Å². The molecule has 0 spiro atoms. The Morgan fingerprint density at radius 2 is 2.07 bits per heavy atom. The van der Waals surface area contributed by atoms with Crippen molar-refractivity contribution in [2.75, 3.05) is 11.1 Å². The van der Waals surface area contributed by atoms with E-state index in [4.69, 9.17) is 5.73 Å². The van der Waals surface area contributed by atoms with Crippen molar-refractivity contribution in [1.82, 2.24) is 9.97 Å². The van der Waals surface area contributed by atoms with Gasteiger partial charge in [0.15, 0.2) is 0 Å². The first-order chi connectivity index (χ1) is 13.5. The molecule has 1 aliphatic carbocycles. The lowest BCUT2D eigenvalue weighted by atomic mass is 9.89. The molecular formula is C20H20N4O2S2. The van der Waals surface area contributed by atoms with E-state index in [1.54, 1.807) is 41.9 Å². The smallest absolute Gasteiger partial charge is 0.248 e. The third-order valence-electron chi connectivity index (χ3n) is 4.85. The maximum atomic E-state index is 12.3. The molecule has 4 rings (SSSR count). The number of nitrogens with zero attached hydrogens (tertiary/aromatic N) is 2. The van der Waals surface area contributed by atoms with Gasteiger partial charge >= 0.3 is 0 Å². The Kier molecular flexibility index (Phi) is 5.32. The summed E-state index contributed by atoms with van der Waals surface area (Å²) < 4.78 is 0. The maximum Gasteiger partial charge on any atom is 0.248 e. The molecule has 1 aliphatic rings. The number of thiophene rings is 1. The number of thioether (sulfide) groups is 1. The Morgan fingerprint density at radius 1 is 1.29 bits per heavy atom. The highest BCUT2D eigenvalue weighted by Crippen LogP contribution is 2.40. The van der Waals surface area contributed by atoms with Gasteiger partial charge in [0.05, 0.1) is 5.75 Å². The molecule has 28 heavy (non-hydrogen) atoms. The highest BCUT2D eigenvalue weighted by atomic mass is 32.2. The lowest BCUT2D eigenvalue weighted by Crippen LogP contribution is -2.15. The van der Waals surface area contributed by atoms with Crippen molar-refractivity contribution in [3.8, 4) is 0 Å². The predicted octanol–water partition coefficient (Wildman–Crippen LogP) is 3.65. The van der Waals surface area contributed by atoms with Gasteiger partial charge in [-0.1, -0.05) is 18.7 Å². The molecule has 144 valence electrons. The molecule has 2 aromatic heterocycles. The molecular weight excluding hydrogens is 392 g/mol. The maximum absolute atomic E-state index is 12.3. The molecule has 3 aromatic rings. The molecule has 0 saturated heterocycles. The minimum Gasteiger partial charge on any atom is -0.366 e. The average Bonchev–Trinajstić information content (AvgIpc) is 3.04. The van der Waals surface area contributed by atoms with Crippen LogP contribution in [0.5, 0.6) is 0 Å². The zero-order chi connectivity index (χ0) is 19.7. The first-order valence-electron chi connectivity index (χ1n) is 9.09. The molecule has 2 amide bonds. The lowest BCUT2D eigenvalue weighted by Gasteiger charge is -2.18. The quantitative estimate of drug-likeness (QED) is 0.492. The number of nitrogens with one attached hydrogen (secondary N) is 1. The molecule has 0 radical (unpaired) electrons. The number of hydrogen-bond acceptors (Lipinski definition) is 6. The fraction of sp³-hybridized carbons (Fsp3) is 0.300. The Hall–Kier alpha value is -2.45. The topological polar surface area (TPSA) is 98.0 Å². The number of anilines is 1. The van der Waals surface area contributed by atoms with Crippen molar-refractivity contribution in [3.63, 3.8) is 0 Å². The van der Waals surface area contributed by atoms with Crippen LogP contribution >= 0.6 is 23.1 Å². The minimum absolute atomic E-state index is 0.124. The van der Waals surface area contributed by atoms with Crippen LogP contribution < -0.4 is 11.1 Å². The fourth-order valence-electron chi connectivity index (χ4n) is 3.40. The van der Waals surface area contributed by atoms with Crippen molar-refractivity contribution >= 4 is 50.8 Å². The number of rotatable bonds is 5. The van der Waals surface area contributed by atoms with Crippen LogP contribution in [0, 0.1) is 5.92 Å². The Bertz CT molecular complexity index is 1050. The van der Waals surface area contributed by atoms with Gasteiger partial charge < -0.3 is 11.1 Å². The number of carbonyl (C=O) groups is 2. The summed E-state index contributed by atoms with van der Waals surface area (Å²) in [4.78, 5) is 34.8. The van der Waals surface area contributed by atoms with Gasteiger partial charge in [0.1, 0.15) is 16.2 Å². The van der Waals surface area contributed by atoms with Gasteiger partial charge in [-0.25, -0.2) is 9.97 Å². The van der Waals surface area contributed by atoms with E-state index in [-0.39, 0.29) is 11.7 Å². The summed E-state index contributed by atoms with van der Waals surface area (Å²) in [6.07, 6.45) is 4.91. The number of benzene rings is 1. The highest BCUT2D eigenvalue weighted by molar-refractivity contribution is 8.00. The molecule has 0 bridgehead atoms. The molecule has 1 aromatic carbocycles. The molecule has 0 fully saturated rings. The highest BCUT2D eigenvalue weighted by Gasteiger charge is 2.23. The van der Waals surface area contributed by atoms with E-state index in [0.717, 1.165) is 28.1 Å². The molecule has 2 heterocycles. The van der Waals surface area contributed by atoms with Gasteiger partial charge in [0.2, 0.25) is 11.8 Å². The van der Waals surface area contributed by atoms with E-state index in [0.29, 0.717) is 17.2 Å². The van der Waals surface area contributed by atoms with Gasteiger partial charge in [-0.15, -0.1) is 11.3 Å². The zero-order valence-electron chi connectivity index (χ0n) is 15.4. The Labute approximate surface area is 170 Å². The fourth-order valence-corrected chi connectivity index (χ4v) is 5.65. The summed E-state index contributed by atoms with van der Waals surface area (Å²) in [5, 5.41) is 4.83. The first-order valence-corrected chi connectivity index (χ1v) is 10.9. The molecule has 0 unspecified atom stereocenters. The monoisotopic (exact) mass is 412 g/mol. The van der Waals surface area contributed by atoms with Crippen LogP contribution in [0.15, 0.2) is 35.6 Å². The van der Waals surface area contributed by atoms with E-state index >= 15 is 0 Å². The van der Waals surface area contributed by atoms with Crippen molar-refractivity contribution < 1.29 is 9.59 Å². The SMILES string of the molecule is C[C@@H]1CCc2c(sc3ncnc(SCC(=O)Nc4ccc(C(N)=O)cc4)c23)C1. The van der Waals surface area contributed by atoms with Gasteiger partial charge in [-0.05, 0) is 55.0 Å². The van der Waals surface area contributed by atoms with Crippen molar-refractivity contribution in [2.45, 2.75) is 31.2 Å². The van der Waals surface area contributed by atoms with Crippen molar-refractivity contribution in [1.29, 1.82) is 0 Å². The van der Waals surface area contributed by atoms with Gasteiger partial charge in [0, 0.05) is 21.5 Å². The largest absolute Gasteiger partial charge is 0.366 e.